The molecule has 0 aliphatic heterocycles. The van der Waals surface area contributed by atoms with Gasteiger partial charge in [0.15, 0.2) is 0 Å². The summed E-state index contributed by atoms with van der Waals surface area (Å²) in [5.74, 6) is 2.37. The monoisotopic (exact) mass is 348 g/mol. The Morgan fingerprint density at radius 3 is 1.54 bits per heavy atom. The molecule has 0 amide bonds. The number of pyridine rings is 2. The Balaban J connectivity index is 2.21. The number of hydrogen-bond donors (Lipinski definition) is 0. The van der Waals surface area contributed by atoms with Gasteiger partial charge in [0, 0.05) is 45.4 Å². The highest BCUT2D eigenvalue weighted by Gasteiger charge is 2.15. The summed E-state index contributed by atoms with van der Waals surface area (Å²) in [7, 11) is 2.17. The van der Waals surface area contributed by atoms with Gasteiger partial charge in [-0.25, -0.2) is 0 Å². The van der Waals surface area contributed by atoms with E-state index < -0.39 is 10.8 Å². The van der Waals surface area contributed by atoms with Gasteiger partial charge < -0.3 is 9.47 Å². The Labute approximate surface area is 145 Å². The van der Waals surface area contributed by atoms with Crippen LogP contribution in [0.3, 0.4) is 0 Å². The number of rotatable bonds is 6. The first-order valence-corrected chi connectivity index (χ1v) is 9.20. The van der Waals surface area contributed by atoms with Gasteiger partial charge in [0.1, 0.15) is 11.5 Å². The van der Waals surface area contributed by atoms with Crippen LogP contribution in [0.15, 0.2) is 12.4 Å². The molecule has 0 radical (unpaired) electrons. The lowest BCUT2D eigenvalue weighted by molar-refractivity contribution is 0.407. The van der Waals surface area contributed by atoms with Crippen LogP contribution in [0.2, 0.25) is 0 Å². The van der Waals surface area contributed by atoms with Crippen LogP contribution in [0.25, 0.3) is 0 Å². The summed E-state index contributed by atoms with van der Waals surface area (Å²) >= 11 is 0. The molecule has 0 saturated carbocycles. The van der Waals surface area contributed by atoms with Gasteiger partial charge in [-0.3, -0.25) is 14.2 Å². The minimum Gasteiger partial charge on any atom is -0.496 e. The standard InChI is InChI=1S/C18H24N2O3S/c1-11-7-19-15(13(3)17(11)22-5)9-24(21)10-16-14(4)18(23-6)12(2)8-20-16/h7-8H,9-10H2,1-6H3. The molecule has 0 fully saturated rings. The third-order valence-electron chi connectivity index (χ3n) is 4.09. The molecule has 6 heteroatoms. The first-order chi connectivity index (χ1) is 11.4. The average Bonchev–Trinajstić information content (AvgIpc) is 2.54. The van der Waals surface area contributed by atoms with Crippen molar-refractivity contribution in [1.29, 1.82) is 0 Å². The third kappa shape index (κ3) is 3.75. The quantitative estimate of drug-likeness (QED) is 0.802. The smallest absolute Gasteiger partial charge is 0.128 e. The fraction of sp³-hybridized carbons (Fsp3) is 0.444. The van der Waals surface area contributed by atoms with Gasteiger partial charge in [-0.1, -0.05) is 0 Å². The Hall–Kier alpha value is -1.95. The summed E-state index contributed by atoms with van der Waals surface area (Å²) in [5, 5.41) is 0. The zero-order chi connectivity index (χ0) is 17.9. The van der Waals surface area contributed by atoms with Gasteiger partial charge >= 0.3 is 0 Å². The molecule has 2 aromatic heterocycles. The van der Waals surface area contributed by atoms with Crippen molar-refractivity contribution in [2.75, 3.05) is 14.2 Å². The molecule has 24 heavy (non-hydrogen) atoms. The second-order valence-corrected chi connectivity index (χ2v) is 7.28. The molecule has 2 heterocycles. The lowest BCUT2D eigenvalue weighted by Gasteiger charge is -2.13. The van der Waals surface area contributed by atoms with E-state index in [-0.39, 0.29) is 0 Å². The summed E-state index contributed by atoms with van der Waals surface area (Å²) in [6.07, 6.45) is 3.52. The van der Waals surface area contributed by atoms with Crippen LogP contribution in [0, 0.1) is 27.7 Å². The summed E-state index contributed by atoms with van der Waals surface area (Å²) in [4.78, 5) is 8.84. The zero-order valence-corrected chi connectivity index (χ0v) is 15.9. The molecule has 0 aliphatic carbocycles. The maximum Gasteiger partial charge on any atom is 0.128 e. The normalized spacial score (nSPS) is 11.0. The number of aromatic nitrogens is 2. The van der Waals surface area contributed by atoms with Gasteiger partial charge in [0.2, 0.25) is 0 Å². The molecule has 0 saturated heterocycles. The molecule has 0 aliphatic rings. The molecule has 5 nitrogen and oxygen atoms in total. The van der Waals surface area contributed by atoms with Crippen LogP contribution < -0.4 is 9.47 Å². The predicted octanol–water partition coefficient (Wildman–Crippen LogP) is 3.18. The maximum absolute atomic E-state index is 12.6. The summed E-state index contributed by atoms with van der Waals surface area (Å²) in [6.45, 7) is 7.80. The van der Waals surface area contributed by atoms with E-state index in [1.807, 2.05) is 27.7 Å². The van der Waals surface area contributed by atoms with Crippen LogP contribution in [0.1, 0.15) is 33.6 Å². The van der Waals surface area contributed by atoms with Crippen molar-refractivity contribution in [3.05, 3.63) is 46.0 Å². The Morgan fingerprint density at radius 2 is 1.21 bits per heavy atom. The maximum atomic E-state index is 12.6. The van der Waals surface area contributed by atoms with E-state index in [1.54, 1.807) is 26.6 Å². The minimum atomic E-state index is -1.11. The molecule has 0 N–H and O–H groups in total. The fourth-order valence-electron chi connectivity index (χ4n) is 2.79. The van der Waals surface area contributed by atoms with Crippen LogP contribution in [-0.4, -0.2) is 28.4 Å². The number of ether oxygens (including phenoxy) is 2. The molecule has 0 spiro atoms. The van der Waals surface area contributed by atoms with Crippen molar-refractivity contribution in [3.63, 3.8) is 0 Å². The Bertz CT molecular complexity index is 712. The van der Waals surface area contributed by atoms with E-state index in [2.05, 4.69) is 9.97 Å². The first kappa shape index (κ1) is 18.4. The lowest BCUT2D eigenvalue weighted by atomic mass is 10.1. The molecule has 130 valence electrons. The molecule has 0 bridgehead atoms. The number of aryl methyl sites for hydroxylation is 2. The average molecular weight is 348 g/mol. The van der Waals surface area contributed by atoms with Crippen molar-refractivity contribution >= 4 is 10.8 Å². The van der Waals surface area contributed by atoms with Crippen LogP contribution in [0.5, 0.6) is 11.5 Å². The largest absolute Gasteiger partial charge is 0.496 e. The molecular weight excluding hydrogens is 324 g/mol. The molecule has 0 unspecified atom stereocenters. The van der Waals surface area contributed by atoms with Crippen molar-refractivity contribution in [3.8, 4) is 11.5 Å². The topological polar surface area (TPSA) is 61.3 Å². The van der Waals surface area contributed by atoms with E-state index in [1.165, 1.54) is 0 Å². The number of methoxy groups -OCH3 is 2. The Morgan fingerprint density at radius 1 is 0.833 bits per heavy atom. The third-order valence-corrected chi connectivity index (χ3v) is 5.29. The van der Waals surface area contributed by atoms with E-state index in [0.717, 1.165) is 45.1 Å². The van der Waals surface area contributed by atoms with Crippen LogP contribution in [0.4, 0.5) is 0 Å². The second kappa shape index (κ2) is 7.75. The van der Waals surface area contributed by atoms with Crippen molar-refractivity contribution < 1.29 is 13.7 Å². The van der Waals surface area contributed by atoms with E-state index in [9.17, 15) is 4.21 Å². The summed E-state index contributed by atoms with van der Waals surface area (Å²) in [5.41, 5.74) is 5.43. The van der Waals surface area contributed by atoms with Gasteiger partial charge in [-0.2, -0.15) is 0 Å². The minimum absolute atomic E-state index is 0.375. The van der Waals surface area contributed by atoms with E-state index in [0.29, 0.717) is 11.5 Å². The van der Waals surface area contributed by atoms with Crippen molar-refractivity contribution in [1.82, 2.24) is 9.97 Å². The first-order valence-electron chi connectivity index (χ1n) is 7.72. The van der Waals surface area contributed by atoms with Gasteiger partial charge in [0.05, 0.1) is 37.1 Å². The highest BCUT2D eigenvalue weighted by Crippen LogP contribution is 2.27. The van der Waals surface area contributed by atoms with Gasteiger partial charge in [0.25, 0.3) is 0 Å². The molecule has 2 aromatic rings. The molecule has 2 rings (SSSR count). The number of hydrogen-bond acceptors (Lipinski definition) is 5. The lowest BCUT2D eigenvalue weighted by Crippen LogP contribution is -2.08. The highest BCUT2D eigenvalue weighted by molar-refractivity contribution is 7.83. The van der Waals surface area contributed by atoms with E-state index >= 15 is 0 Å². The Kier molecular flexibility index (Phi) is 5.94. The fourth-order valence-corrected chi connectivity index (χ4v) is 4.08. The molecular formula is C18H24N2O3S. The highest BCUT2D eigenvalue weighted by atomic mass is 32.2. The van der Waals surface area contributed by atoms with Crippen molar-refractivity contribution in [2.24, 2.45) is 0 Å². The zero-order valence-electron chi connectivity index (χ0n) is 15.1. The van der Waals surface area contributed by atoms with Crippen LogP contribution >= 0.6 is 0 Å². The van der Waals surface area contributed by atoms with Crippen LogP contribution in [-0.2, 0) is 22.3 Å². The second-order valence-electron chi connectivity index (χ2n) is 5.82. The van der Waals surface area contributed by atoms with E-state index in [4.69, 9.17) is 9.47 Å². The molecule has 0 aromatic carbocycles. The molecule has 0 atom stereocenters. The summed E-state index contributed by atoms with van der Waals surface area (Å²) < 4.78 is 23.4. The van der Waals surface area contributed by atoms with Crippen molar-refractivity contribution in [2.45, 2.75) is 39.2 Å². The van der Waals surface area contributed by atoms with Gasteiger partial charge in [-0.05, 0) is 27.7 Å². The SMILES string of the molecule is COc1c(C)cnc(CS(=O)Cc2ncc(C)c(OC)c2C)c1C. The summed E-state index contributed by atoms with van der Waals surface area (Å²) in [6, 6.07) is 0. The number of nitrogens with zero attached hydrogens (tertiary/aromatic N) is 2. The predicted molar refractivity (Wildman–Crippen MR) is 96.1 cm³/mol. The van der Waals surface area contributed by atoms with Gasteiger partial charge in [-0.15, -0.1) is 0 Å².